The molecule has 1 aromatic carbocycles. The quantitative estimate of drug-likeness (QED) is 0.863. The fourth-order valence-corrected chi connectivity index (χ4v) is 3.63. The maximum absolute atomic E-state index is 13.8. The molecule has 0 saturated heterocycles. The van der Waals surface area contributed by atoms with Crippen LogP contribution in [-0.2, 0) is 16.6 Å². The summed E-state index contributed by atoms with van der Waals surface area (Å²) in [5.41, 5.74) is 0.385. The van der Waals surface area contributed by atoms with Gasteiger partial charge in [-0.05, 0) is 26.0 Å². The van der Waals surface area contributed by atoms with Crippen LogP contribution in [-0.4, -0.2) is 24.9 Å². The van der Waals surface area contributed by atoms with E-state index in [-0.39, 0.29) is 33.5 Å². The minimum absolute atomic E-state index is 0.00235. The lowest BCUT2D eigenvalue weighted by Crippen LogP contribution is -2.27. The van der Waals surface area contributed by atoms with Crippen LogP contribution in [0.25, 0.3) is 0 Å². The van der Waals surface area contributed by atoms with E-state index < -0.39 is 15.8 Å². The van der Waals surface area contributed by atoms with E-state index in [9.17, 15) is 12.8 Å². The van der Waals surface area contributed by atoms with Gasteiger partial charge in [0, 0.05) is 24.2 Å². The van der Waals surface area contributed by atoms with Gasteiger partial charge < -0.3 is 4.52 Å². The van der Waals surface area contributed by atoms with Gasteiger partial charge in [0.2, 0.25) is 10.0 Å². The molecule has 0 spiro atoms. The van der Waals surface area contributed by atoms with E-state index in [1.807, 2.05) is 0 Å². The summed E-state index contributed by atoms with van der Waals surface area (Å²) in [7, 11) is -2.49. The molecule has 0 fully saturated rings. The Hall–Kier alpha value is -1.44. The molecule has 0 atom stereocenters. The van der Waals surface area contributed by atoms with Crippen LogP contribution >= 0.6 is 11.6 Å². The number of benzene rings is 1. The lowest BCUT2D eigenvalue weighted by Gasteiger charge is -2.18. The van der Waals surface area contributed by atoms with Crippen molar-refractivity contribution in [2.45, 2.75) is 25.3 Å². The van der Waals surface area contributed by atoms with Gasteiger partial charge in [0.1, 0.15) is 16.4 Å². The van der Waals surface area contributed by atoms with Crippen molar-refractivity contribution in [3.63, 3.8) is 0 Å². The van der Waals surface area contributed by atoms with E-state index in [2.05, 4.69) is 5.16 Å². The molecule has 21 heavy (non-hydrogen) atoms. The van der Waals surface area contributed by atoms with Crippen molar-refractivity contribution in [2.24, 2.45) is 0 Å². The summed E-state index contributed by atoms with van der Waals surface area (Å²) in [4.78, 5) is -0.00235. The van der Waals surface area contributed by atoms with Crippen molar-refractivity contribution in [1.82, 2.24) is 9.46 Å². The van der Waals surface area contributed by atoms with E-state index in [0.717, 1.165) is 4.31 Å². The second kappa shape index (κ2) is 5.75. The van der Waals surface area contributed by atoms with Gasteiger partial charge in [-0.1, -0.05) is 22.8 Å². The van der Waals surface area contributed by atoms with Crippen LogP contribution in [0, 0.1) is 19.7 Å². The first-order valence-corrected chi connectivity index (χ1v) is 7.89. The Bertz CT molecular complexity index is 734. The second-order valence-corrected chi connectivity index (χ2v) is 7.00. The summed E-state index contributed by atoms with van der Waals surface area (Å²) in [6.07, 6.45) is 0. The molecule has 1 aromatic heterocycles. The second-order valence-electron chi connectivity index (χ2n) is 4.61. The Kier molecular flexibility index (Phi) is 4.36. The largest absolute Gasteiger partial charge is 0.360 e. The van der Waals surface area contributed by atoms with Gasteiger partial charge in [-0.25, -0.2) is 12.8 Å². The van der Waals surface area contributed by atoms with Gasteiger partial charge in [0.15, 0.2) is 5.76 Å². The molecule has 2 rings (SSSR count). The standard InChI is InChI=1S/C13H14ClFN2O3S/c1-8-13(9(2)20-16-8)21(18,19)17(3)7-10-11(14)5-4-6-12(10)15/h4-6H,7H2,1-3H3. The van der Waals surface area contributed by atoms with Crippen LogP contribution in [0.4, 0.5) is 4.39 Å². The average molecular weight is 333 g/mol. The summed E-state index contributed by atoms with van der Waals surface area (Å²) in [6.45, 7) is 2.86. The molecule has 0 aliphatic heterocycles. The Morgan fingerprint density at radius 2 is 2.05 bits per heavy atom. The van der Waals surface area contributed by atoms with Crippen molar-refractivity contribution in [1.29, 1.82) is 0 Å². The summed E-state index contributed by atoms with van der Waals surface area (Å²) in [6, 6.07) is 4.21. The number of hydrogen-bond donors (Lipinski definition) is 0. The Labute approximate surface area is 127 Å². The highest BCUT2D eigenvalue weighted by molar-refractivity contribution is 7.89. The fraction of sp³-hybridized carbons (Fsp3) is 0.308. The van der Waals surface area contributed by atoms with E-state index in [1.165, 1.54) is 39.1 Å². The predicted octanol–water partition coefficient (Wildman–Crippen LogP) is 2.90. The summed E-state index contributed by atoms with van der Waals surface area (Å²) >= 11 is 5.92. The van der Waals surface area contributed by atoms with E-state index >= 15 is 0 Å². The van der Waals surface area contributed by atoms with E-state index in [4.69, 9.17) is 16.1 Å². The molecular formula is C13H14ClFN2O3S. The average Bonchev–Trinajstić information content (AvgIpc) is 2.73. The molecule has 0 bridgehead atoms. The Balaban J connectivity index is 2.38. The molecule has 1 heterocycles. The molecule has 0 aliphatic rings. The van der Waals surface area contributed by atoms with Gasteiger partial charge in [0.05, 0.1) is 0 Å². The molecule has 0 aliphatic carbocycles. The predicted molar refractivity (Wildman–Crippen MR) is 76.0 cm³/mol. The molecule has 0 saturated carbocycles. The van der Waals surface area contributed by atoms with Crippen molar-refractivity contribution in [3.05, 3.63) is 46.1 Å². The highest BCUT2D eigenvalue weighted by Gasteiger charge is 2.29. The van der Waals surface area contributed by atoms with Crippen LogP contribution in [0.1, 0.15) is 17.0 Å². The molecule has 0 amide bonds. The maximum atomic E-state index is 13.8. The molecule has 0 radical (unpaired) electrons. The number of sulfonamides is 1. The van der Waals surface area contributed by atoms with Gasteiger partial charge >= 0.3 is 0 Å². The summed E-state index contributed by atoms with van der Waals surface area (Å²) in [5.74, 6) is -0.359. The lowest BCUT2D eigenvalue weighted by atomic mass is 10.2. The third kappa shape index (κ3) is 2.95. The first-order chi connectivity index (χ1) is 9.75. The molecule has 0 N–H and O–H groups in total. The molecule has 0 unspecified atom stereocenters. The zero-order valence-electron chi connectivity index (χ0n) is 11.7. The Morgan fingerprint density at radius 1 is 1.38 bits per heavy atom. The zero-order valence-corrected chi connectivity index (χ0v) is 13.3. The van der Waals surface area contributed by atoms with Gasteiger partial charge in [-0.2, -0.15) is 4.31 Å². The highest BCUT2D eigenvalue weighted by atomic mass is 35.5. The van der Waals surface area contributed by atoms with Crippen molar-refractivity contribution >= 4 is 21.6 Å². The normalized spacial score (nSPS) is 12.1. The van der Waals surface area contributed by atoms with Crippen molar-refractivity contribution in [2.75, 3.05) is 7.05 Å². The molecular weight excluding hydrogens is 319 g/mol. The fourth-order valence-electron chi connectivity index (χ4n) is 1.99. The number of aryl methyl sites for hydroxylation is 2. The van der Waals surface area contributed by atoms with Gasteiger partial charge in [0.25, 0.3) is 0 Å². The van der Waals surface area contributed by atoms with E-state index in [1.54, 1.807) is 0 Å². The minimum Gasteiger partial charge on any atom is -0.360 e. The van der Waals surface area contributed by atoms with Crippen LogP contribution in [0.3, 0.4) is 0 Å². The number of halogens is 2. The minimum atomic E-state index is -3.84. The molecule has 2 aromatic rings. The number of hydrogen-bond acceptors (Lipinski definition) is 4. The van der Waals surface area contributed by atoms with Crippen LogP contribution < -0.4 is 0 Å². The Morgan fingerprint density at radius 3 is 2.57 bits per heavy atom. The first kappa shape index (κ1) is 15.9. The van der Waals surface area contributed by atoms with E-state index in [0.29, 0.717) is 0 Å². The molecule has 5 nitrogen and oxygen atoms in total. The third-order valence-corrected chi connectivity index (χ3v) is 5.48. The molecule has 8 heteroatoms. The highest BCUT2D eigenvalue weighted by Crippen LogP contribution is 2.26. The first-order valence-electron chi connectivity index (χ1n) is 6.07. The smallest absolute Gasteiger partial charge is 0.248 e. The topological polar surface area (TPSA) is 63.4 Å². The van der Waals surface area contributed by atoms with Crippen molar-refractivity contribution < 1.29 is 17.3 Å². The number of nitrogens with zero attached hydrogens (tertiary/aromatic N) is 2. The van der Waals surface area contributed by atoms with Crippen LogP contribution in [0.2, 0.25) is 5.02 Å². The molecule has 114 valence electrons. The van der Waals surface area contributed by atoms with Crippen molar-refractivity contribution in [3.8, 4) is 0 Å². The maximum Gasteiger partial charge on any atom is 0.248 e. The zero-order chi connectivity index (χ0) is 15.8. The third-order valence-electron chi connectivity index (χ3n) is 3.08. The monoisotopic (exact) mass is 332 g/mol. The number of rotatable bonds is 4. The van der Waals surface area contributed by atoms with Gasteiger partial charge in [-0.3, -0.25) is 0 Å². The SMILES string of the molecule is Cc1noc(C)c1S(=O)(=O)N(C)Cc1c(F)cccc1Cl. The summed E-state index contributed by atoms with van der Waals surface area (Å²) in [5, 5.41) is 3.80. The van der Waals surface area contributed by atoms with Gasteiger partial charge in [-0.15, -0.1) is 0 Å². The van der Waals surface area contributed by atoms with Crippen LogP contribution in [0.5, 0.6) is 0 Å². The number of aromatic nitrogens is 1. The lowest BCUT2D eigenvalue weighted by molar-refractivity contribution is 0.389. The van der Waals surface area contributed by atoms with Crippen LogP contribution in [0.15, 0.2) is 27.6 Å². The summed E-state index contributed by atoms with van der Waals surface area (Å²) < 4.78 is 44.7.